The number of piperazine rings is 1. The molecular formula is C23H21ClFN3O2S. The van der Waals surface area contributed by atoms with Crippen LogP contribution in [0.1, 0.15) is 21.6 Å². The summed E-state index contributed by atoms with van der Waals surface area (Å²) in [4.78, 5) is 33.2. The van der Waals surface area contributed by atoms with Crippen molar-refractivity contribution in [2.75, 3.05) is 26.2 Å². The van der Waals surface area contributed by atoms with Crippen LogP contribution in [0.3, 0.4) is 0 Å². The second-order valence-electron chi connectivity index (χ2n) is 7.48. The van der Waals surface area contributed by atoms with Crippen LogP contribution in [0.25, 0.3) is 10.6 Å². The van der Waals surface area contributed by atoms with Gasteiger partial charge in [0.05, 0.1) is 17.7 Å². The van der Waals surface area contributed by atoms with Gasteiger partial charge in [-0.2, -0.15) is 0 Å². The van der Waals surface area contributed by atoms with Crippen LogP contribution < -0.4 is 0 Å². The number of aryl methyl sites for hydroxylation is 1. The SMILES string of the molecule is Cc1ccc(-c2nc(CC(=O)N3CCN(C(=O)c4cc(Cl)ccc4F)CC3)cs2)cc1. The van der Waals surface area contributed by atoms with Gasteiger partial charge in [-0.3, -0.25) is 9.59 Å². The van der Waals surface area contributed by atoms with Crippen LogP contribution in [0.15, 0.2) is 47.8 Å². The van der Waals surface area contributed by atoms with E-state index in [9.17, 15) is 14.0 Å². The zero-order chi connectivity index (χ0) is 22.0. The minimum Gasteiger partial charge on any atom is -0.339 e. The Hall–Kier alpha value is -2.77. The van der Waals surface area contributed by atoms with Crippen molar-refractivity contribution in [1.82, 2.24) is 14.8 Å². The van der Waals surface area contributed by atoms with Crippen molar-refractivity contribution in [3.8, 4) is 10.6 Å². The van der Waals surface area contributed by atoms with Crippen LogP contribution >= 0.6 is 22.9 Å². The molecule has 1 aliphatic rings. The lowest BCUT2D eigenvalue weighted by Crippen LogP contribution is -2.51. The number of hydrogen-bond donors (Lipinski definition) is 0. The average molecular weight is 458 g/mol. The fourth-order valence-corrected chi connectivity index (χ4v) is 4.47. The minimum absolute atomic E-state index is 0.0261. The van der Waals surface area contributed by atoms with E-state index in [4.69, 9.17) is 11.6 Å². The molecule has 4 rings (SSSR count). The van der Waals surface area contributed by atoms with Crippen LogP contribution in [0.4, 0.5) is 4.39 Å². The van der Waals surface area contributed by atoms with E-state index in [0.29, 0.717) is 31.2 Å². The first kappa shape index (κ1) is 21.5. The topological polar surface area (TPSA) is 53.5 Å². The number of carbonyl (C=O) groups is 2. The van der Waals surface area contributed by atoms with Crippen molar-refractivity contribution in [3.63, 3.8) is 0 Å². The summed E-state index contributed by atoms with van der Waals surface area (Å²) in [5.41, 5.74) is 2.92. The monoisotopic (exact) mass is 457 g/mol. The zero-order valence-corrected chi connectivity index (χ0v) is 18.5. The Morgan fingerprint density at radius 2 is 1.74 bits per heavy atom. The number of amides is 2. The molecule has 160 valence electrons. The van der Waals surface area contributed by atoms with Gasteiger partial charge in [0.2, 0.25) is 5.91 Å². The van der Waals surface area contributed by atoms with E-state index in [1.54, 1.807) is 9.80 Å². The van der Waals surface area contributed by atoms with Gasteiger partial charge in [-0.05, 0) is 25.1 Å². The highest BCUT2D eigenvalue weighted by Gasteiger charge is 2.26. The molecule has 3 aromatic rings. The van der Waals surface area contributed by atoms with E-state index in [1.165, 1.54) is 35.1 Å². The molecule has 0 saturated carbocycles. The molecule has 0 radical (unpaired) electrons. The summed E-state index contributed by atoms with van der Waals surface area (Å²) in [7, 11) is 0. The molecule has 2 amide bonds. The number of hydrogen-bond acceptors (Lipinski definition) is 4. The maximum atomic E-state index is 14.0. The molecule has 0 spiro atoms. The van der Waals surface area contributed by atoms with Crippen molar-refractivity contribution in [2.24, 2.45) is 0 Å². The molecule has 31 heavy (non-hydrogen) atoms. The summed E-state index contributed by atoms with van der Waals surface area (Å²) in [6.45, 7) is 3.54. The summed E-state index contributed by atoms with van der Waals surface area (Å²) in [5.74, 6) is -1.03. The normalized spacial score (nSPS) is 14.0. The lowest BCUT2D eigenvalue weighted by Gasteiger charge is -2.34. The second-order valence-corrected chi connectivity index (χ2v) is 8.78. The molecule has 0 atom stereocenters. The zero-order valence-electron chi connectivity index (χ0n) is 17.0. The number of benzene rings is 2. The Labute approximate surface area is 189 Å². The van der Waals surface area contributed by atoms with Crippen molar-refractivity contribution >= 4 is 34.8 Å². The van der Waals surface area contributed by atoms with Crippen LogP contribution in [0.2, 0.25) is 5.02 Å². The Morgan fingerprint density at radius 3 is 2.45 bits per heavy atom. The Bertz CT molecular complexity index is 1110. The average Bonchev–Trinajstić information content (AvgIpc) is 3.24. The number of aromatic nitrogens is 1. The second kappa shape index (κ2) is 9.16. The smallest absolute Gasteiger partial charge is 0.257 e. The van der Waals surface area contributed by atoms with Crippen molar-refractivity contribution in [3.05, 3.63) is 75.5 Å². The van der Waals surface area contributed by atoms with E-state index < -0.39 is 11.7 Å². The number of thiazole rings is 1. The molecule has 1 fully saturated rings. The van der Waals surface area contributed by atoms with Crippen LogP contribution in [-0.2, 0) is 11.2 Å². The quantitative estimate of drug-likeness (QED) is 0.582. The lowest BCUT2D eigenvalue weighted by molar-refractivity contribution is -0.132. The van der Waals surface area contributed by atoms with Gasteiger partial charge in [-0.25, -0.2) is 9.37 Å². The van der Waals surface area contributed by atoms with E-state index in [2.05, 4.69) is 4.98 Å². The maximum Gasteiger partial charge on any atom is 0.257 e. The van der Waals surface area contributed by atoms with Gasteiger partial charge in [0.15, 0.2) is 0 Å². The van der Waals surface area contributed by atoms with Gasteiger partial charge in [0.1, 0.15) is 10.8 Å². The number of nitrogens with zero attached hydrogens (tertiary/aromatic N) is 3. The van der Waals surface area contributed by atoms with Crippen molar-refractivity contribution < 1.29 is 14.0 Å². The van der Waals surface area contributed by atoms with E-state index in [-0.39, 0.29) is 17.9 Å². The van der Waals surface area contributed by atoms with Crippen LogP contribution in [-0.4, -0.2) is 52.8 Å². The predicted molar refractivity (Wildman–Crippen MR) is 120 cm³/mol. The van der Waals surface area contributed by atoms with E-state index in [0.717, 1.165) is 16.3 Å². The fraction of sp³-hybridized carbons (Fsp3) is 0.261. The molecule has 1 aromatic heterocycles. The third-order valence-electron chi connectivity index (χ3n) is 5.26. The van der Waals surface area contributed by atoms with Gasteiger partial charge in [0.25, 0.3) is 5.91 Å². The number of rotatable bonds is 4. The molecular weight excluding hydrogens is 437 g/mol. The van der Waals surface area contributed by atoms with Gasteiger partial charge < -0.3 is 9.80 Å². The summed E-state index contributed by atoms with van der Waals surface area (Å²) >= 11 is 7.41. The molecule has 0 aliphatic carbocycles. The maximum absolute atomic E-state index is 14.0. The molecule has 1 saturated heterocycles. The lowest BCUT2D eigenvalue weighted by atomic mass is 10.1. The number of halogens is 2. The fourth-order valence-electron chi connectivity index (χ4n) is 3.47. The number of carbonyl (C=O) groups excluding carboxylic acids is 2. The molecule has 8 heteroatoms. The highest BCUT2D eigenvalue weighted by Crippen LogP contribution is 2.24. The van der Waals surface area contributed by atoms with E-state index in [1.807, 2.05) is 36.6 Å². The third-order valence-corrected chi connectivity index (χ3v) is 6.44. The molecule has 5 nitrogen and oxygen atoms in total. The van der Waals surface area contributed by atoms with Crippen molar-refractivity contribution in [2.45, 2.75) is 13.3 Å². The van der Waals surface area contributed by atoms with E-state index >= 15 is 0 Å². The molecule has 2 heterocycles. The third kappa shape index (κ3) is 4.94. The Morgan fingerprint density at radius 1 is 1.06 bits per heavy atom. The summed E-state index contributed by atoms with van der Waals surface area (Å²) in [5, 5.41) is 3.11. The summed E-state index contributed by atoms with van der Waals surface area (Å²) in [6, 6.07) is 12.1. The van der Waals surface area contributed by atoms with Gasteiger partial charge >= 0.3 is 0 Å². The Balaban J connectivity index is 1.34. The highest BCUT2D eigenvalue weighted by molar-refractivity contribution is 7.13. The molecule has 0 N–H and O–H groups in total. The van der Waals surface area contributed by atoms with Crippen molar-refractivity contribution in [1.29, 1.82) is 0 Å². The van der Waals surface area contributed by atoms with Crippen LogP contribution in [0, 0.1) is 12.7 Å². The van der Waals surface area contributed by atoms with Gasteiger partial charge in [0, 0.05) is 42.1 Å². The van der Waals surface area contributed by atoms with Gasteiger partial charge in [-0.1, -0.05) is 41.4 Å². The molecule has 0 unspecified atom stereocenters. The van der Waals surface area contributed by atoms with Crippen LogP contribution in [0.5, 0.6) is 0 Å². The first-order valence-electron chi connectivity index (χ1n) is 9.94. The highest BCUT2D eigenvalue weighted by atomic mass is 35.5. The first-order valence-corrected chi connectivity index (χ1v) is 11.2. The summed E-state index contributed by atoms with van der Waals surface area (Å²) < 4.78 is 14.0. The Kier molecular flexibility index (Phi) is 6.34. The first-order chi connectivity index (χ1) is 14.9. The predicted octanol–water partition coefficient (Wildman–Crippen LogP) is 4.44. The summed E-state index contributed by atoms with van der Waals surface area (Å²) in [6.07, 6.45) is 0.221. The molecule has 1 aliphatic heterocycles. The molecule has 0 bridgehead atoms. The largest absolute Gasteiger partial charge is 0.339 e. The molecule has 2 aromatic carbocycles. The minimum atomic E-state index is -0.596. The van der Waals surface area contributed by atoms with Gasteiger partial charge in [-0.15, -0.1) is 11.3 Å². The standard InChI is InChI=1S/C23H21ClFN3O2S/c1-15-2-4-16(5-3-15)22-26-18(14-31-22)13-21(29)27-8-10-28(11-9-27)23(30)19-12-17(24)6-7-20(19)25/h2-7,12,14H,8-11,13H2,1H3.